The van der Waals surface area contributed by atoms with Gasteiger partial charge in [-0.05, 0) is 49.4 Å². The Bertz CT molecular complexity index is 990. The highest BCUT2D eigenvalue weighted by molar-refractivity contribution is 14.1. The Morgan fingerprint density at radius 3 is 2.41 bits per heavy atom. The van der Waals surface area contributed by atoms with Crippen molar-refractivity contribution in [2.45, 2.75) is 26.4 Å². The number of primary amides is 1. The second kappa shape index (κ2) is 8.05. The van der Waals surface area contributed by atoms with Gasteiger partial charge < -0.3 is 20.3 Å². The molecule has 1 aliphatic heterocycles. The fourth-order valence-electron chi connectivity index (χ4n) is 2.94. The van der Waals surface area contributed by atoms with Gasteiger partial charge in [-0.15, -0.1) is 0 Å². The monoisotopic (exact) mass is 535 g/mol. The number of ether oxygens (including phenoxy) is 1. The molecule has 1 aromatic heterocycles. The largest absolute Gasteiger partial charge is 0.444 e. The highest BCUT2D eigenvalue weighted by atomic mass is 127. The van der Waals surface area contributed by atoms with Crippen LogP contribution in [0, 0.1) is 9.39 Å². The Morgan fingerprint density at radius 2 is 1.86 bits per heavy atom. The summed E-state index contributed by atoms with van der Waals surface area (Å²) in [6.07, 6.45) is -0.397. The second-order valence-corrected chi connectivity index (χ2v) is 9.06. The lowest BCUT2D eigenvalue weighted by molar-refractivity contribution is 0.0240. The first-order valence-electron chi connectivity index (χ1n) is 8.86. The highest BCUT2D eigenvalue weighted by Crippen LogP contribution is 2.33. The first-order valence-corrected chi connectivity index (χ1v) is 10.3. The van der Waals surface area contributed by atoms with Gasteiger partial charge in [0.1, 0.15) is 16.9 Å². The van der Waals surface area contributed by atoms with Crippen LogP contribution in [0.2, 0.25) is 5.02 Å². The van der Waals surface area contributed by atoms with Crippen molar-refractivity contribution in [3.05, 3.63) is 26.3 Å². The number of hydrogen-bond acceptors (Lipinski definition) is 6. The molecular formula is C18H20ClFIN5O3. The van der Waals surface area contributed by atoms with Crippen molar-refractivity contribution in [1.82, 2.24) is 14.9 Å². The molecule has 29 heavy (non-hydrogen) atoms. The molecule has 1 aliphatic rings. The van der Waals surface area contributed by atoms with E-state index >= 15 is 0 Å². The minimum absolute atomic E-state index is 0.0211. The number of nitrogens with two attached hydrogens (primary N) is 1. The van der Waals surface area contributed by atoms with Crippen LogP contribution >= 0.6 is 34.2 Å². The van der Waals surface area contributed by atoms with Crippen LogP contribution < -0.4 is 10.6 Å². The number of aromatic nitrogens is 2. The number of anilines is 1. The fourth-order valence-corrected chi connectivity index (χ4v) is 3.54. The zero-order chi connectivity index (χ0) is 21.5. The standard InChI is InChI=1S/C18H20ClFIN5O3/c1-18(2,3)29-17(28)26-6-4-25(5-7-26)16-9-8-10(19)12(21)11(20)13(9)23-15(24-16)14(22)27/h8H,4-7H2,1-3H3,(H2,22,27). The van der Waals surface area contributed by atoms with Gasteiger partial charge in [0.05, 0.1) is 8.59 Å². The summed E-state index contributed by atoms with van der Waals surface area (Å²) in [5.74, 6) is -1.42. The molecule has 0 bridgehead atoms. The van der Waals surface area contributed by atoms with Gasteiger partial charge in [0.25, 0.3) is 5.91 Å². The summed E-state index contributed by atoms with van der Waals surface area (Å²) in [4.78, 5) is 35.6. The van der Waals surface area contributed by atoms with Gasteiger partial charge in [-0.3, -0.25) is 4.79 Å². The van der Waals surface area contributed by atoms with E-state index in [2.05, 4.69) is 9.97 Å². The van der Waals surface area contributed by atoms with E-state index in [1.54, 1.807) is 54.3 Å². The van der Waals surface area contributed by atoms with Crippen LogP contribution in [-0.4, -0.2) is 58.6 Å². The quantitative estimate of drug-likeness (QED) is 0.468. The minimum atomic E-state index is -0.857. The maximum atomic E-state index is 14.8. The predicted octanol–water partition coefficient (Wildman–Crippen LogP) is 3.18. The summed E-state index contributed by atoms with van der Waals surface area (Å²) in [6, 6.07) is 1.57. The number of carbonyl (C=O) groups excluding carboxylic acids is 2. The summed E-state index contributed by atoms with van der Waals surface area (Å²) in [5.41, 5.74) is 4.73. The Morgan fingerprint density at radius 1 is 1.24 bits per heavy atom. The Labute approximate surface area is 185 Å². The Balaban J connectivity index is 1.94. The smallest absolute Gasteiger partial charge is 0.410 e. The minimum Gasteiger partial charge on any atom is -0.444 e. The lowest BCUT2D eigenvalue weighted by Gasteiger charge is -2.36. The van der Waals surface area contributed by atoms with Crippen LogP contribution in [-0.2, 0) is 4.74 Å². The first kappa shape index (κ1) is 21.8. The highest BCUT2D eigenvalue weighted by Gasteiger charge is 2.28. The van der Waals surface area contributed by atoms with Crippen LogP contribution in [0.1, 0.15) is 31.4 Å². The van der Waals surface area contributed by atoms with Crippen molar-refractivity contribution >= 4 is 62.9 Å². The average Bonchev–Trinajstić information content (AvgIpc) is 2.64. The SMILES string of the molecule is CC(C)(C)OC(=O)N1CCN(c2nc(C(N)=O)nc3c(F)c(I)c(Cl)cc23)CC1. The van der Waals surface area contributed by atoms with E-state index in [1.165, 1.54) is 0 Å². The summed E-state index contributed by atoms with van der Waals surface area (Å²) in [5, 5.41) is 0.600. The van der Waals surface area contributed by atoms with E-state index in [0.717, 1.165) is 0 Å². The third kappa shape index (κ3) is 4.63. The number of amides is 2. The lowest BCUT2D eigenvalue weighted by atomic mass is 10.2. The first-order chi connectivity index (χ1) is 13.5. The zero-order valence-electron chi connectivity index (χ0n) is 16.1. The molecule has 0 unspecified atom stereocenters. The van der Waals surface area contributed by atoms with E-state index in [-0.39, 0.29) is 19.9 Å². The molecule has 0 radical (unpaired) electrons. The molecule has 2 aromatic rings. The van der Waals surface area contributed by atoms with Gasteiger partial charge in [0, 0.05) is 31.6 Å². The van der Waals surface area contributed by atoms with Gasteiger partial charge in [-0.2, -0.15) is 0 Å². The van der Waals surface area contributed by atoms with E-state index in [0.29, 0.717) is 37.4 Å². The molecule has 2 heterocycles. The van der Waals surface area contributed by atoms with Crippen LogP contribution in [0.4, 0.5) is 15.0 Å². The molecule has 1 aromatic carbocycles. The number of carbonyl (C=O) groups is 2. The van der Waals surface area contributed by atoms with E-state index < -0.39 is 23.4 Å². The van der Waals surface area contributed by atoms with E-state index in [9.17, 15) is 14.0 Å². The molecule has 156 valence electrons. The van der Waals surface area contributed by atoms with Gasteiger partial charge >= 0.3 is 6.09 Å². The number of benzene rings is 1. The van der Waals surface area contributed by atoms with Crippen molar-refractivity contribution in [2.24, 2.45) is 5.73 Å². The maximum absolute atomic E-state index is 14.8. The van der Waals surface area contributed by atoms with Crippen molar-refractivity contribution < 1.29 is 18.7 Å². The topological polar surface area (TPSA) is 102 Å². The number of halogens is 3. The molecule has 3 rings (SSSR count). The molecule has 0 saturated carbocycles. The predicted molar refractivity (Wildman–Crippen MR) is 116 cm³/mol. The molecule has 2 amide bonds. The van der Waals surface area contributed by atoms with Crippen LogP contribution in [0.5, 0.6) is 0 Å². The Kier molecular flexibility index (Phi) is 6.04. The summed E-state index contributed by atoms with van der Waals surface area (Å²) < 4.78 is 20.4. The van der Waals surface area contributed by atoms with Gasteiger partial charge in [0.2, 0.25) is 5.82 Å². The molecule has 2 N–H and O–H groups in total. The van der Waals surface area contributed by atoms with Crippen molar-refractivity contribution in [1.29, 1.82) is 0 Å². The molecule has 1 fully saturated rings. The summed E-state index contributed by atoms with van der Waals surface area (Å²) in [6.45, 7) is 7.00. The van der Waals surface area contributed by atoms with Gasteiger partial charge in [-0.25, -0.2) is 19.2 Å². The van der Waals surface area contributed by atoms with E-state index in [1.807, 2.05) is 4.90 Å². The third-order valence-corrected chi connectivity index (χ3v) is 5.93. The zero-order valence-corrected chi connectivity index (χ0v) is 19.0. The Hall–Kier alpha value is -1.95. The molecule has 11 heteroatoms. The molecule has 0 spiro atoms. The number of rotatable bonds is 2. The molecular weight excluding hydrogens is 516 g/mol. The second-order valence-electron chi connectivity index (χ2n) is 7.57. The van der Waals surface area contributed by atoms with Gasteiger partial charge in [0.15, 0.2) is 5.82 Å². The van der Waals surface area contributed by atoms with Crippen molar-refractivity contribution in [2.75, 3.05) is 31.1 Å². The lowest BCUT2D eigenvalue weighted by Crippen LogP contribution is -2.50. The molecule has 0 atom stereocenters. The average molecular weight is 536 g/mol. The molecule has 1 saturated heterocycles. The number of hydrogen-bond donors (Lipinski definition) is 1. The van der Waals surface area contributed by atoms with Crippen molar-refractivity contribution in [3.63, 3.8) is 0 Å². The molecule has 8 nitrogen and oxygen atoms in total. The normalized spacial score (nSPS) is 15.0. The number of piperazine rings is 1. The number of nitrogens with zero attached hydrogens (tertiary/aromatic N) is 4. The van der Waals surface area contributed by atoms with Crippen LogP contribution in [0.15, 0.2) is 6.07 Å². The van der Waals surface area contributed by atoms with E-state index in [4.69, 9.17) is 22.1 Å². The fraction of sp³-hybridized carbons (Fsp3) is 0.444. The van der Waals surface area contributed by atoms with Crippen LogP contribution in [0.25, 0.3) is 10.9 Å². The summed E-state index contributed by atoms with van der Waals surface area (Å²) in [7, 11) is 0. The summed E-state index contributed by atoms with van der Waals surface area (Å²) >= 11 is 7.93. The van der Waals surface area contributed by atoms with Crippen LogP contribution in [0.3, 0.4) is 0 Å². The van der Waals surface area contributed by atoms with Crippen molar-refractivity contribution in [3.8, 4) is 0 Å². The third-order valence-electron chi connectivity index (χ3n) is 4.26. The maximum Gasteiger partial charge on any atom is 0.410 e. The number of fused-ring (bicyclic) bond motifs is 1. The molecule has 0 aliphatic carbocycles. The van der Waals surface area contributed by atoms with Gasteiger partial charge in [-0.1, -0.05) is 11.6 Å².